The van der Waals surface area contributed by atoms with Crippen LogP contribution < -0.4 is 0 Å². The van der Waals surface area contributed by atoms with Crippen LogP contribution in [0.15, 0.2) is 24.3 Å². The highest BCUT2D eigenvalue weighted by Crippen LogP contribution is 2.45. The minimum Gasteiger partial charge on any atom is -0.364 e. The third-order valence-corrected chi connectivity index (χ3v) is 2.89. The summed E-state index contributed by atoms with van der Waals surface area (Å²) >= 11 is 0. The van der Waals surface area contributed by atoms with Gasteiger partial charge in [-0.05, 0) is 18.4 Å². The number of rotatable bonds is 2. The fourth-order valence-electron chi connectivity index (χ4n) is 1.82. The Morgan fingerprint density at radius 2 is 2.08 bits per heavy atom. The van der Waals surface area contributed by atoms with Crippen LogP contribution in [0, 0.1) is 12.8 Å². The van der Waals surface area contributed by atoms with Crippen LogP contribution in [0.25, 0.3) is 0 Å². The van der Waals surface area contributed by atoms with Gasteiger partial charge in [-0.25, -0.2) is 0 Å². The zero-order valence-electron chi connectivity index (χ0n) is 8.50. The molecule has 0 aromatic heterocycles. The van der Waals surface area contributed by atoms with Crippen molar-refractivity contribution in [2.75, 3.05) is 6.61 Å². The second-order valence-corrected chi connectivity index (χ2v) is 4.20. The summed E-state index contributed by atoms with van der Waals surface area (Å²) in [5.41, 5.74) is 2.68. The van der Waals surface area contributed by atoms with E-state index in [2.05, 4.69) is 45.0 Å². The maximum Gasteiger partial charge on any atom is 0.119 e. The summed E-state index contributed by atoms with van der Waals surface area (Å²) in [5, 5.41) is 0. The van der Waals surface area contributed by atoms with Crippen molar-refractivity contribution in [3.63, 3.8) is 0 Å². The standard InChI is InChI=1S/C12H16O/c1-9(2)12(8-13-12)11-6-4-5-10(3)7-11/h4-7,9H,8H2,1-3H3. The molecular formula is C12H16O. The summed E-state index contributed by atoms with van der Waals surface area (Å²) in [6.45, 7) is 7.44. The third kappa shape index (κ3) is 1.37. The monoisotopic (exact) mass is 176 g/mol. The molecule has 1 atom stereocenters. The van der Waals surface area contributed by atoms with Crippen LogP contribution in [0.3, 0.4) is 0 Å². The quantitative estimate of drug-likeness (QED) is 0.631. The van der Waals surface area contributed by atoms with Gasteiger partial charge in [0.15, 0.2) is 0 Å². The highest BCUT2D eigenvalue weighted by molar-refractivity contribution is 5.31. The molecular weight excluding hydrogens is 160 g/mol. The van der Waals surface area contributed by atoms with Gasteiger partial charge in [0.2, 0.25) is 0 Å². The fraction of sp³-hybridized carbons (Fsp3) is 0.500. The van der Waals surface area contributed by atoms with Crippen LogP contribution >= 0.6 is 0 Å². The molecule has 13 heavy (non-hydrogen) atoms. The van der Waals surface area contributed by atoms with E-state index in [0.717, 1.165) is 6.61 Å². The average Bonchev–Trinajstić information content (AvgIpc) is 2.83. The van der Waals surface area contributed by atoms with Gasteiger partial charge in [-0.2, -0.15) is 0 Å². The molecule has 1 aromatic carbocycles. The van der Waals surface area contributed by atoms with E-state index in [0.29, 0.717) is 5.92 Å². The Balaban J connectivity index is 2.35. The first-order valence-electron chi connectivity index (χ1n) is 4.86. The molecule has 1 unspecified atom stereocenters. The first kappa shape index (κ1) is 8.76. The zero-order valence-corrected chi connectivity index (χ0v) is 8.50. The third-order valence-electron chi connectivity index (χ3n) is 2.89. The minimum absolute atomic E-state index is 0.0338. The first-order valence-corrected chi connectivity index (χ1v) is 4.86. The van der Waals surface area contributed by atoms with Gasteiger partial charge in [0.1, 0.15) is 5.60 Å². The SMILES string of the molecule is Cc1cccc(C2(C(C)C)CO2)c1. The second kappa shape index (κ2) is 2.85. The van der Waals surface area contributed by atoms with Crippen molar-refractivity contribution in [1.82, 2.24) is 0 Å². The lowest BCUT2D eigenvalue weighted by Crippen LogP contribution is -2.16. The maximum absolute atomic E-state index is 5.60. The molecule has 1 aliphatic rings. The van der Waals surface area contributed by atoms with Gasteiger partial charge in [0.25, 0.3) is 0 Å². The van der Waals surface area contributed by atoms with E-state index in [4.69, 9.17) is 4.74 Å². The minimum atomic E-state index is 0.0338. The van der Waals surface area contributed by atoms with Crippen molar-refractivity contribution in [2.24, 2.45) is 5.92 Å². The second-order valence-electron chi connectivity index (χ2n) is 4.20. The Hall–Kier alpha value is -0.820. The number of ether oxygens (including phenoxy) is 1. The van der Waals surface area contributed by atoms with Gasteiger partial charge in [-0.3, -0.25) is 0 Å². The Morgan fingerprint density at radius 1 is 1.38 bits per heavy atom. The van der Waals surface area contributed by atoms with Gasteiger partial charge in [-0.15, -0.1) is 0 Å². The molecule has 1 heterocycles. The molecule has 0 aliphatic carbocycles. The Bertz CT molecular complexity index is 311. The van der Waals surface area contributed by atoms with Crippen molar-refractivity contribution in [3.05, 3.63) is 35.4 Å². The lowest BCUT2D eigenvalue weighted by molar-refractivity contribution is 0.242. The Kier molecular flexibility index (Phi) is 1.92. The summed E-state index contributed by atoms with van der Waals surface area (Å²) in [6, 6.07) is 8.63. The molecule has 0 saturated carbocycles. The van der Waals surface area contributed by atoms with E-state index in [1.807, 2.05) is 0 Å². The van der Waals surface area contributed by atoms with Gasteiger partial charge in [0, 0.05) is 0 Å². The van der Waals surface area contributed by atoms with E-state index >= 15 is 0 Å². The first-order chi connectivity index (χ1) is 6.15. The number of benzene rings is 1. The molecule has 70 valence electrons. The van der Waals surface area contributed by atoms with Gasteiger partial charge < -0.3 is 4.74 Å². The molecule has 0 amide bonds. The van der Waals surface area contributed by atoms with E-state index in [-0.39, 0.29) is 5.60 Å². The summed E-state index contributed by atoms with van der Waals surface area (Å²) in [6.07, 6.45) is 0. The van der Waals surface area contributed by atoms with Crippen LogP contribution in [-0.2, 0) is 10.3 Å². The fourth-order valence-corrected chi connectivity index (χ4v) is 1.82. The topological polar surface area (TPSA) is 12.5 Å². The van der Waals surface area contributed by atoms with Crippen molar-refractivity contribution in [1.29, 1.82) is 0 Å². The number of hydrogen-bond acceptors (Lipinski definition) is 1. The molecule has 0 spiro atoms. The summed E-state index contributed by atoms with van der Waals surface area (Å²) in [7, 11) is 0. The van der Waals surface area contributed by atoms with Crippen molar-refractivity contribution < 1.29 is 4.74 Å². The molecule has 1 saturated heterocycles. The van der Waals surface area contributed by atoms with Gasteiger partial charge in [0.05, 0.1) is 6.61 Å². The van der Waals surface area contributed by atoms with Crippen LogP contribution in [0.2, 0.25) is 0 Å². The van der Waals surface area contributed by atoms with Crippen LogP contribution in [-0.4, -0.2) is 6.61 Å². The van der Waals surface area contributed by atoms with Crippen molar-refractivity contribution in [3.8, 4) is 0 Å². The number of epoxide rings is 1. The number of aryl methyl sites for hydroxylation is 1. The molecule has 1 aliphatic heterocycles. The van der Waals surface area contributed by atoms with Gasteiger partial charge in [-0.1, -0.05) is 43.7 Å². The largest absolute Gasteiger partial charge is 0.364 e. The van der Waals surface area contributed by atoms with E-state index in [9.17, 15) is 0 Å². The van der Waals surface area contributed by atoms with Crippen molar-refractivity contribution in [2.45, 2.75) is 26.4 Å². The summed E-state index contributed by atoms with van der Waals surface area (Å²) < 4.78 is 5.60. The normalized spacial score (nSPS) is 26.5. The summed E-state index contributed by atoms with van der Waals surface area (Å²) in [5.74, 6) is 0.564. The molecule has 2 rings (SSSR count). The summed E-state index contributed by atoms with van der Waals surface area (Å²) in [4.78, 5) is 0. The Morgan fingerprint density at radius 3 is 2.54 bits per heavy atom. The van der Waals surface area contributed by atoms with Crippen LogP contribution in [0.1, 0.15) is 25.0 Å². The smallest absolute Gasteiger partial charge is 0.119 e. The maximum atomic E-state index is 5.60. The molecule has 1 fully saturated rings. The molecule has 0 N–H and O–H groups in total. The Labute approximate surface area is 79.7 Å². The van der Waals surface area contributed by atoms with E-state index in [1.54, 1.807) is 0 Å². The van der Waals surface area contributed by atoms with Crippen LogP contribution in [0.5, 0.6) is 0 Å². The van der Waals surface area contributed by atoms with E-state index < -0.39 is 0 Å². The predicted molar refractivity (Wildman–Crippen MR) is 53.6 cm³/mol. The highest BCUT2D eigenvalue weighted by Gasteiger charge is 2.49. The highest BCUT2D eigenvalue weighted by atomic mass is 16.6. The molecule has 1 nitrogen and oxygen atoms in total. The average molecular weight is 176 g/mol. The molecule has 0 bridgehead atoms. The lowest BCUT2D eigenvalue weighted by Gasteiger charge is -2.16. The molecule has 0 radical (unpaired) electrons. The predicted octanol–water partition coefficient (Wildman–Crippen LogP) is 2.88. The van der Waals surface area contributed by atoms with Crippen molar-refractivity contribution >= 4 is 0 Å². The van der Waals surface area contributed by atoms with Crippen LogP contribution in [0.4, 0.5) is 0 Å². The molecule has 1 aromatic rings. The van der Waals surface area contributed by atoms with Gasteiger partial charge >= 0.3 is 0 Å². The zero-order chi connectivity index (χ0) is 9.47. The molecule has 1 heteroatoms. The lowest BCUT2D eigenvalue weighted by atomic mass is 9.88. The number of hydrogen-bond donors (Lipinski definition) is 0. The van der Waals surface area contributed by atoms with E-state index in [1.165, 1.54) is 11.1 Å².